The van der Waals surface area contributed by atoms with E-state index in [1.807, 2.05) is 12.1 Å². The second-order valence-electron chi connectivity index (χ2n) is 10.1. The number of hydrogen-bond acceptors (Lipinski definition) is 9. The fraction of sp³-hybridized carbons (Fsp3) is 0.393. The lowest BCUT2D eigenvalue weighted by Gasteiger charge is -2.21. The molecule has 0 bridgehead atoms. The first-order valence-corrected chi connectivity index (χ1v) is 14.9. The minimum absolute atomic E-state index is 0.0830. The number of benzene rings is 2. The predicted molar refractivity (Wildman–Crippen MR) is 158 cm³/mol. The van der Waals surface area contributed by atoms with Gasteiger partial charge in [-0.25, -0.2) is 13.4 Å². The van der Waals surface area contributed by atoms with E-state index in [-0.39, 0.29) is 27.6 Å². The molecule has 0 saturated heterocycles. The van der Waals surface area contributed by atoms with Gasteiger partial charge in [0.25, 0.3) is 0 Å². The molecule has 1 aromatic heterocycles. The number of halogens is 1. The molecule has 0 saturated carbocycles. The first kappa shape index (κ1) is 29.6. The van der Waals surface area contributed by atoms with Gasteiger partial charge in [-0.3, -0.25) is 9.69 Å². The Morgan fingerprint density at radius 3 is 2.42 bits per heavy atom. The molecule has 40 heavy (non-hydrogen) atoms. The van der Waals surface area contributed by atoms with E-state index >= 15 is 0 Å². The summed E-state index contributed by atoms with van der Waals surface area (Å²) >= 11 is 6.40. The van der Waals surface area contributed by atoms with Crippen molar-refractivity contribution in [2.75, 3.05) is 51.5 Å². The summed E-state index contributed by atoms with van der Waals surface area (Å²) in [5.74, 6) is 1.25. The van der Waals surface area contributed by atoms with Crippen molar-refractivity contribution < 1.29 is 17.9 Å². The maximum absolute atomic E-state index is 12.9. The SMILES string of the molecule is COc1cc2c(cc1Nc1ncc(Cl)c(Nc3ccccc3S(=O)(=O)C(C)C)n1)CCN(CC(=O)N(C)C)CC2. The Morgan fingerprint density at radius 2 is 1.77 bits per heavy atom. The summed E-state index contributed by atoms with van der Waals surface area (Å²) in [7, 11) is 1.60. The van der Waals surface area contributed by atoms with Gasteiger partial charge in [-0.2, -0.15) is 4.98 Å². The van der Waals surface area contributed by atoms with Crippen molar-refractivity contribution in [3.63, 3.8) is 0 Å². The molecule has 2 N–H and O–H groups in total. The maximum atomic E-state index is 12.9. The van der Waals surface area contributed by atoms with Crippen LogP contribution in [0.3, 0.4) is 0 Å². The Morgan fingerprint density at radius 1 is 1.10 bits per heavy atom. The highest BCUT2D eigenvalue weighted by molar-refractivity contribution is 7.92. The van der Waals surface area contributed by atoms with Crippen LogP contribution in [-0.2, 0) is 27.5 Å². The van der Waals surface area contributed by atoms with Crippen LogP contribution in [0.25, 0.3) is 0 Å². The molecule has 1 aliphatic heterocycles. The highest BCUT2D eigenvalue weighted by Crippen LogP contribution is 2.34. The second-order valence-corrected chi connectivity index (χ2v) is 13.0. The highest BCUT2D eigenvalue weighted by atomic mass is 35.5. The van der Waals surface area contributed by atoms with Gasteiger partial charge >= 0.3 is 0 Å². The molecular formula is C28H35ClN6O4S. The molecule has 4 rings (SSSR count). The Hall–Kier alpha value is -3.41. The normalized spacial score (nSPS) is 13.9. The van der Waals surface area contributed by atoms with Gasteiger partial charge < -0.3 is 20.3 Å². The number of ether oxygens (including phenoxy) is 1. The summed E-state index contributed by atoms with van der Waals surface area (Å²) in [4.78, 5) is 25.0. The maximum Gasteiger partial charge on any atom is 0.236 e. The Kier molecular flexibility index (Phi) is 9.17. The van der Waals surface area contributed by atoms with Crippen molar-refractivity contribution in [2.45, 2.75) is 36.8 Å². The molecular weight excluding hydrogens is 552 g/mol. The molecule has 2 heterocycles. The minimum atomic E-state index is -3.54. The van der Waals surface area contributed by atoms with Crippen molar-refractivity contribution in [1.29, 1.82) is 0 Å². The molecule has 1 aliphatic rings. The number of sulfone groups is 1. The second kappa shape index (κ2) is 12.4. The number of fused-ring (bicyclic) bond motifs is 1. The van der Waals surface area contributed by atoms with Crippen LogP contribution >= 0.6 is 11.6 Å². The number of nitrogens with zero attached hydrogens (tertiary/aromatic N) is 4. The zero-order valence-corrected chi connectivity index (χ0v) is 24.9. The molecule has 214 valence electrons. The lowest BCUT2D eigenvalue weighted by Crippen LogP contribution is -2.37. The molecule has 0 radical (unpaired) electrons. The average Bonchev–Trinajstić information content (AvgIpc) is 3.11. The number of rotatable bonds is 9. The fourth-order valence-electron chi connectivity index (χ4n) is 4.39. The Labute approximate surface area is 240 Å². The topological polar surface area (TPSA) is 117 Å². The Balaban J connectivity index is 1.58. The third kappa shape index (κ3) is 6.65. The predicted octanol–water partition coefficient (Wildman–Crippen LogP) is 4.30. The lowest BCUT2D eigenvalue weighted by molar-refractivity contribution is -0.129. The number of hydrogen-bond donors (Lipinski definition) is 2. The van der Waals surface area contributed by atoms with E-state index in [9.17, 15) is 13.2 Å². The number of para-hydroxylation sites is 1. The van der Waals surface area contributed by atoms with Crippen LogP contribution in [0.5, 0.6) is 5.75 Å². The first-order valence-electron chi connectivity index (χ1n) is 13.0. The van der Waals surface area contributed by atoms with Crippen LogP contribution in [0, 0.1) is 0 Å². The third-order valence-electron chi connectivity index (χ3n) is 6.83. The van der Waals surface area contributed by atoms with E-state index in [2.05, 4.69) is 25.5 Å². The van der Waals surface area contributed by atoms with Crippen LogP contribution in [0.1, 0.15) is 25.0 Å². The molecule has 0 fully saturated rings. The molecule has 0 atom stereocenters. The molecule has 12 heteroatoms. The van der Waals surface area contributed by atoms with Gasteiger partial charge in [0.15, 0.2) is 15.7 Å². The summed E-state index contributed by atoms with van der Waals surface area (Å²) in [5.41, 5.74) is 3.39. The average molecular weight is 587 g/mol. The van der Waals surface area contributed by atoms with Crippen molar-refractivity contribution in [3.8, 4) is 5.75 Å². The van der Waals surface area contributed by atoms with Crippen LogP contribution in [0.2, 0.25) is 5.02 Å². The smallest absolute Gasteiger partial charge is 0.236 e. The number of nitrogens with one attached hydrogen (secondary N) is 2. The van der Waals surface area contributed by atoms with Crippen LogP contribution in [0.15, 0.2) is 47.5 Å². The number of carbonyl (C=O) groups excluding carboxylic acids is 1. The molecule has 0 aliphatic carbocycles. The standard InChI is InChI=1S/C28H35ClN6O4S/c1-18(2)40(37,38)25-9-7-6-8-22(25)31-27-21(29)16-30-28(33-27)32-23-14-19-10-12-35(17-26(36)34(3)4)13-11-20(19)15-24(23)39-5/h6-9,14-16,18H,10-13,17H2,1-5H3,(H2,30,31,32,33). The molecule has 2 aromatic carbocycles. The summed E-state index contributed by atoms with van der Waals surface area (Å²) in [6.45, 7) is 5.22. The number of aromatic nitrogens is 2. The number of amides is 1. The zero-order chi connectivity index (χ0) is 29.0. The zero-order valence-electron chi connectivity index (χ0n) is 23.4. The van der Waals surface area contributed by atoms with Crippen molar-refractivity contribution in [1.82, 2.24) is 19.8 Å². The quantitative estimate of drug-likeness (QED) is 0.378. The largest absolute Gasteiger partial charge is 0.495 e. The fourth-order valence-corrected chi connectivity index (χ4v) is 5.73. The third-order valence-corrected chi connectivity index (χ3v) is 9.32. The molecule has 10 nitrogen and oxygen atoms in total. The lowest BCUT2D eigenvalue weighted by atomic mass is 10.0. The van der Waals surface area contributed by atoms with Crippen molar-refractivity contribution in [3.05, 3.63) is 58.7 Å². The minimum Gasteiger partial charge on any atom is -0.495 e. The van der Waals surface area contributed by atoms with Gasteiger partial charge in [0.05, 0.1) is 41.4 Å². The van der Waals surface area contributed by atoms with E-state index in [0.29, 0.717) is 23.7 Å². The monoisotopic (exact) mass is 586 g/mol. The molecule has 0 spiro atoms. The van der Waals surface area contributed by atoms with Crippen LogP contribution in [0.4, 0.5) is 23.1 Å². The van der Waals surface area contributed by atoms with E-state index in [1.165, 1.54) is 11.8 Å². The van der Waals surface area contributed by atoms with Crippen LogP contribution in [-0.4, -0.2) is 80.2 Å². The van der Waals surface area contributed by atoms with Gasteiger partial charge in [0, 0.05) is 27.2 Å². The van der Waals surface area contributed by atoms with E-state index in [0.717, 1.165) is 31.5 Å². The van der Waals surface area contributed by atoms with Gasteiger partial charge in [-0.05, 0) is 62.1 Å². The number of carbonyl (C=O) groups is 1. The first-order chi connectivity index (χ1) is 19.0. The number of likely N-dealkylation sites (N-methyl/N-ethyl adjacent to an activating group) is 1. The molecule has 3 aromatic rings. The highest BCUT2D eigenvalue weighted by Gasteiger charge is 2.24. The van der Waals surface area contributed by atoms with Crippen LogP contribution < -0.4 is 15.4 Å². The number of anilines is 4. The van der Waals surface area contributed by atoms with Crippen molar-refractivity contribution in [2.24, 2.45) is 0 Å². The summed E-state index contributed by atoms with van der Waals surface area (Å²) < 4.78 is 31.5. The summed E-state index contributed by atoms with van der Waals surface area (Å²) in [6.07, 6.45) is 3.04. The Bertz CT molecular complexity index is 1500. The number of methoxy groups -OCH3 is 1. The molecule has 0 unspecified atom stereocenters. The van der Waals surface area contributed by atoms with E-state index in [4.69, 9.17) is 16.3 Å². The van der Waals surface area contributed by atoms with Gasteiger partial charge in [0.1, 0.15) is 10.8 Å². The molecule has 1 amide bonds. The van der Waals surface area contributed by atoms with Crippen molar-refractivity contribution >= 4 is 50.5 Å². The van der Waals surface area contributed by atoms with E-state index < -0.39 is 15.1 Å². The van der Waals surface area contributed by atoms with Gasteiger partial charge in [-0.15, -0.1) is 0 Å². The van der Waals surface area contributed by atoms with Gasteiger partial charge in [0.2, 0.25) is 11.9 Å². The van der Waals surface area contributed by atoms with Gasteiger partial charge in [-0.1, -0.05) is 23.7 Å². The van der Waals surface area contributed by atoms with E-state index in [1.54, 1.807) is 64.2 Å². The summed E-state index contributed by atoms with van der Waals surface area (Å²) in [5, 5.41) is 5.95. The summed E-state index contributed by atoms with van der Waals surface area (Å²) in [6, 6.07) is 10.7.